The number of benzene rings is 2. The van der Waals surface area contributed by atoms with Crippen LogP contribution in [0.15, 0.2) is 42.5 Å². The Kier molecular flexibility index (Phi) is 6.49. The molecule has 3 nitrogen and oxygen atoms in total. The van der Waals surface area contributed by atoms with Crippen LogP contribution in [0.25, 0.3) is 0 Å². The van der Waals surface area contributed by atoms with Gasteiger partial charge in [0, 0.05) is 29.1 Å². The number of phenolic OH excluding ortho intramolecular Hbond substituents is 2. The van der Waals surface area contributed by atoms with E-state index in [4.69, 9.17) is 0 Å². The molecule has 0 aromatic heterocycles. The average molecular weight is 341 g/mol. The smallest absolute Gasteiger partial charge is 0.119 e. The number of aryl methyl sites for hydroxylation is 1. The fourth-order valence-corrected chi connectivity index (χ4v) is 3.60. The van der Waals surface area contributed by atoms with E-state index in [1.54, 1.807) is 12.1 Å². The summed E-state index contributed by atoms with van der Waals surface area (Å²) in [5.74, 6) is 0.537. The molecule has 3 heteroatoms. The standard InChI is InChI=1S/C22H31NO2/c1-15(2)23(16(3)4)13-12-18(19-8-6-7-9-21(19)24)20-14-17(5)10-11-22(20)25/h6-11,14-16,18,24-25H,12-13H2,1-5H3. The predicted octanol–water partition coefficient (Wildman–Crippen LogP) is 5.05. The van der Waals surface area contributed by atoms with Gasteiger partial charge in [0.15, 0.2) is 0 Å². The Balaban J connectivity index is 2.40. The highest BCUT2D eigenvalue weighted by atomic mass is 16.3. The molecule has 1 unspecified atom stereocenters. The molecule has 2 aromatic rings. The maximum atomic E-state index is 10.4. The number of rotatable bonds is 7. The van der Waals surface area contributed by atoms with Crippen LogP contribution >= 0.6 is 0 Å². The molecule has 1 atom stereocenters. The molecule has 0 saturated carbocycles. The lowest BCUT2D eigenvalue weighted by molar-refractivity contribution is 0.170. The van der Waals surface area contributed by atoms with Crippen molar-refractivity contribution in [2.24, 2.45) is 0 Å². The summed E-state index contributed by atoms with van der Waals surface area (Å²) in [6.07, 6.45) is 0.838. The third-order valence-electron chi connectivity index (χ3n) is 4.87. The second-order valence-corrected chi connectivity index (χ2v) is 7.39. The van der Waals surface area contributed by atoms with Crippen LogP contribution < -0.4 is 0 Å². The molecule has 0 saturated heterocycles. The van der Waals surface area contributed by atoms with Gasteiger partial charge in [0.1, 0.15) is 11.5 Å². The summed E-state index contributed by atoms with van der Waals surface area (Å²) in [4.78, 5) is 2.44. The lowest BCUT2D eigenvalue weighted by Crippen LogP contribution is -2.38. The summed E-state index contributed by atoms with van der Waals surface area (Å²) in [5.41, 5.74) is 2.86. The zero-order valence-electron chi connectivity index (χ0n) is 16.0. The quantitative estimate of drug-likeness (QED) is 0.741. The number of hydrogen-bond donors (Lipinski definition) is 2. The van der Waals surface area contributed by atoms with Gasteiger partial charge in [-0.3, -0.25) is 4.90 Å². The molecule has 0 bridgehead atoms. The zero-order valence-corrected chi connectivity index (χ0v) is 16.0. The minimum atomic E-state index is -0.0406. The van der Waals surface area contributed by atoms with Crippen LogP contribution in [0.4, 0.5) is 0 Å². The first kappa shape index (κ1) is 19.3. The van der Waals surface area contributed by atoms with Gasteiger partial charge in [-0.15, -0.1) is 0 Å². The van der Waals surface area contributed by atoms with Crippen molar-refractivity contribution in [3.8, 4) is 11.5 Å². The molecule has 0 radical (unpaired) electrons. The van der Waals surface area contributed by atoms with Crippen LogP contribution in [-0.4, -0.2) is 33.7 Å². The van der Waals surface area contributed by atoms with Crippen LogP contribution in [0.3, 0.4) is 0 Å². The van der Waals surface area contributed by atoms with Crippen molar-refractivity contribution in [2.45, 2.75) is 59.0 Å². The fourth-order valence-electron chi connectivity index (χ4n) is 3.60. The Labute approximate surface area is 151 Å². The Bertz CT molecular complexity index is 686. The molecule has 2 rings (SSSR count). The van der Waals surface area contributed by atoms with Crippen molar-refractivity contribution < 1.29 is 10.2 Å². The summed E-state index contributed by atoms with van der Waals surface area (Å²) in [6, 6.07) is 14.1. The molecule has 0 spiro atoms. The van der Waals surface area contributed by atoms with Gasteiger partial charge in [-0.2, -0.15) is 0 Å². The largest absolute Gasteiger partial charge is 0.508 e. The van der Waals surface area contributed by atoms with Gasteiger partial charge in [0.05, 0.1) is 0 Å². The van der Waals surface area contributed by atoms with E-state index in [0.717, 1.165) is 29.7 Å². The molecule has 0 aliphatic rings. The van der Waals surface area contributed by atoms with Crippen LogP contribution in [0.1, 0.15) is 56.7 Å². The Morgan fingerprint density at radius 3 is 2.04 bits per heavy atom. The summed E-state index contributed by atoms with van der Waals surface area (Å²) in [5, 5.41) is 20.8. The number of aromatic hydroxyl groups is 2. The molecule has 2 N–H and O–H groups in total. The molecule has 0 aliphatic heterocycles. The first-order valence-electron chi connectivity index (χ1n) is 9.14. The maximum Gasteiger partial charge on any atom is 0.119 e. The summed E-state index contributed by atoms with van der Waals surface area (Å²) >= 11 is 0. The van der Waals surface area contributed by atoms with Crippen molar-refractivity contribution in [3.05, 3.63) is 59.2 Å². The van der Waals surface area contributed by atoms with E-state index in [9.17, 15) is 10.2 Å². The predicted molar refractivity (Wildman–Crippen MR) is 104 cm³/mol. The van der Waals surface area contributed by atoms with Crippen LogP contribution in [0, 0.1) is 6.92 Å². The summed E-state index contributed by atoms with van der Waals surface area (Å²) < 4.78 is 0. The highest BCUT2D eigenvalue weighted by molar-refractivity contribution is 5.47. The minimum Gasteiger partial charge on any atom is -0.508 e. The molecular weight excluding hydrogens is 310 g/mol. The lowest BCUT2D eigenvalue weighted by Gasteiger charge is -2.32. The van der Waals surface area contributed by atoms with E-state index in [-0.39, 0.29) is 11.7 Å². The lowest BCUT2D eigenvalue weighted by atomic mass is 9.86. The number of para-hydroxylation sites is 1. The van der Waals surface area contributed by atoms with Crippen molar-refractivity contribution in [3.63, 3.8) is 0 Å². The third-order valence-corrected chi connectivity index (χ3v) is 4.87. The third kappa shape index (κ3) is 4.76. The zero-order chi connectivity index (χ0) is 18.6. The van der Waals surface area contributed by atoms with Gasteiger partial charge in [-0.05, 0) is 59.7 Å². The van der Waals surface area contributed by atoms with Gasteiger partial charge < -0.3 is 10.2 Å². The molecule has 0 aliphatic carbocycles. The van der Waals surface area contributed by atoms with Crippen molar-refractivity contribution in [1.29, 1.82) is 0 Å². The minimum absolute atomic E-state index is 0.0406. The molecule has 0 amide bonds. The fraction of sp³-hybridized carbons (Fsp3) is 0.455. The van der Waals surface area contributed by atoms with E-state index in [1.807, 2.05) is 37.3 Å². The van der Waals surface area contributed by atoms with Gasteiger partial charge >= 0.3 is 0 Å². The normalized spacial score (nSPS) is 13.0. The number of hydrogen-bond acceptors (Lipinski definition) is 3. The first-order chi connectivity index (χ1) is 11.8. The van der Waals surface area contributed by atoms with Crippen LogP contribution in [-0.2, 0) is 0 Å². The van der Waals surface area contributed by atoms with E-state index in [2.05, 4.69) is 32.6 Å². The highest BCUT2D eigenvalue weighted by Gasteiger charge is 2.23. The second-order valence-electron chi connectivity index (χ2n) is 7.39. The van der Waals surface area contributed by atoms with Crippen molar-refractivity contribution in [2.75, 3.05) is 6.54 Å². The van der Waals surface area contributed by atoms with E-state index in [0.29, 0.717) is 17.8 Å². The number of nitrogens with zero attached hydrogens (tertiary/aromatic N) is 1. The summed E-state index contributed by atoms with van der Waals surface area (Å²) in [7, 11) is 0. The molecule has 136 valence electrons. The topological polar surface area (TPSA) is 43.7 Å². The van der Waals surface area contributed by atoms with Crippen LogP contribution in [0.2, 0.25) is 0 Å². The van der Waals surface area contributed by atoms with Crippen LogP contribution in [0.5, 0.6) is 11.5 Å². The molecule has 25 heavy (non-hydrogen) atoms. The molecular formula is C22H31NO2. The Morgan fingerprint density at radius 1 is 0.840 bits per heavy atom. The second kappa shape index (κ2) is 8.39. The van der Waals surface area contributed by atoms with E-state index >= 15 is 0 Å². The SMILES string of the molecule is Cc1ccc(O)c(C(CCN(C(C)C)C(C)C)c2ccccc2O)c1. The number of phenols is 2. The highest BCUT2D eigenvalue weighted by Crippen LogP contribution is 2.38. The van der Waals surface area contributed by atoms with Crippen molar-refractivity contribution in [1.82, 2.24) is 4.90 Å². The first-order valence-corrected chi connectivity index (χ1v) is 9.14. The molecule has 2 aromatic carbocycles. The monoisotopic (exact) mass is 341 g/mol. The molecule has 0 heterocycles. The van der Waals surface area contributed by atoms with Gasteiger partial charge in [0.25, 0.3) is 0 Å². The Hall–Kier alpha value is -2.00. The maximum absolute atomic E-state index is 10.4. The van der Waals surface area contributed by atoms with E-state index in [1.165, 1.54) is 0 Å². The van der Waals surface area contributed by atoms with Gasteiger partial charge in [-0.25, -0.2) is 0 Å². The van der Waals surface area contributed by atoms with Crippen molar-refractivity contribution >= 4 is 0 Å². The average Bonchev–Trinajstić information content (AvgIpc) is 2.54. The van der Waals surface area contributed by atoms with E-state index < -0.39 is 0 Å². The summed E-state index contributed by atoms with van der Waals surface area (Å²) in [6.45, 7) is 11.8. The van der Waals surface area contributed by atoms with Gasteiger partial charge in [0.2, 0.25) is 0 Å². The molecule has 0 fully saturated rings. The van der Waals surface area contributed by atoms with Gasteiger partial charge in [-0.1, -0.05) is 35.9 Å². The Morgan fingerprint density at radius 2 is 1.44 bits per heavy atom.